The molecule has 5 heteroatoms. The molecule has 1 nitrogen and oxygen atoms in total. The van der Waals surface area contributed by atoms with E-state index in [9.17, 15) is 13.6 Å². The van der Waals surface area contributed by atoms with Crippen molar-refractivity contribution in [1.29, 1.82) is 0 Å². The molecular weight excluding hydrogens is 266 g/mol. The van der Waals surface area contributed by atoms with Gasteiger partial charge in [-0.25, -0.2) is 8.78 Å². The molecule has 0 bridgehead atoms. The van der Waals surface area contributed by atoms with Crippen LogP contribution in [0, 0.1) is 18.6 Å². The number of hydrogen-bond donors (Lipinski definition) is 0. The molecule has 0 aliphatic rings. The molecule has 0 aliphatic heterocycles. The maximum Gasteiger partial charge on any atom is 0.205 e. The van der Waals surface area contributed by atoms with E-state index in [0.717, 1.165) is 17.4 Å². The van der Waals surface area contributed by atoms with Gasteiger partial charge in [0.25, 0.3) is 0 Å². The molecule has 1 aromatic heterocycles. The standard InChI is InChI=1S/C12H7ClF2OS/c1-6-4-7(9(15)5-8(6)14)12(16)10-2-3-11(13)17-10/h2-5H,1H3. The Morgan fingerprint density at radius 1 is 1.24 bits per heavy atom. The molecule has 2 aromatic rings. The zero-order valence-corrected chi connectivity index (χ0v) is 10.3. The summed E-state index contributed by atoms with van der Waals surface area (Å²) in [7, 11) is 0. The molecule has 0 atom stereocenters. The van der Waals surface area contributed by atoms with E-state index in [0.29, 0.717) is 9.21 Å². The van der Waals surface area contributed by atoms with E-state index in [-0.39, 0.29) is 11.1 Å². The average Bonchev–Trinajstić information content (AvgIpc) is 2.69. The molecule has 0 aliphatic carbocycles. The number of hydrogen-bond acceptors (Lipinski definition) is 2. The molecule has 1 aromatic carbocycles. The van der Waals surface area contributed by atoms with Crippen LogP contribution in [0.3, 0.4) is 0 Å². The third-order valence-electron chi connectivity index (χ3n) is 2.29. The van der Waals surface area contributed by atoms with Crippen LogP contribution in [0.4, 0.5) is 8.78 Å². The van der Waals surface area contributed by atoms with Crippen molar-refractivity contribution >= 4 is 28.7 Å². The van der Waals surface area contributed by atoms with Crippen LogP contribution in [0.25, 0.3) is 0 Å². The quantitative estimate of drug-likeness (QED) is 0.748. The molecule has 0 amide bonds. The summed E-state index contributed by atoms with van der Waals surface area (Å²) in [4.78, 5) is 12.3. The van der Waals surface area contributed by atoms with Gasteiger partial charge in [0, 0.05) is 6.07 Å². The van der Waals surface area contributed by atoms with Gasteiger partial charge in [-0.05, 0) is 30.7 Å². The first kappa shape index (κ1) is 12.2. The van der Waals surface area contributed by atoms with Crippen molar-refractivity contribution in [2.45, 2.75) is 6.92 Å². The van der Waals surface area contributed by atoms with Crippen LogP contribution in [0.2, 0.25) is 4.34 Å². The minimum Gasteiger partial charge on any atom is -0.288 e. The van der Waals surface area contributed by atoms with Crippen molar-refractivity contribution < 1.29 is 13.6 Å². The number of rotatable bonds is 2. The number of benzene rings is 1. The van der Waals surface area contributed by atoms with Gasteiger partial charge >= 0.3 is 0 Å². The highest BCUT2D eigenvalue weighted by molar-refractivity contribution is 7.18. The third-order valence-corrected chi connectivity index (χ3v) is 3.52. The lowest BCUT2D eigenvalue weighted by molar-refractivity contribution is 0.103. The number of ketones is 1. The predicted molar refractivity (Wildman–Crippen MR) is 63.9 cm³/mol. The minimum absolute atomic E-state index is 0.137. The van der Waals surface area contributed by atoms with E-state index >= 15 is 0 Å². The summed E-state index contributed by atoms with van der Waals surface area (Å²) in [6.45, 7) is 1.48. The van der Waals surface area contributed by atoms with Gasteiger partial charge in [-0.2, -0.15) is 0 Å². The van der Waals surface area contributed by atoms with Gasteiger partial charge in [0.1, 0.15) is 11.6 Å². The Balaban J connectivity index is 2.47. The van der Waals surface area contributed by atoms with E-state index in [2.05, 4.69) is 0 Å². The lowest BCUT2D eigenvalue weighted by Gasteiger charge is -2.03. The SMILES string of the molecule is Cc1cc(C(=O)c2ccc(Cl)s2)c(F)cc1F. The first-order valence-corrected chi connectivity index (χ1v) is 5.94. The molecule has 0 unspecified atom stereocenters. The second kappa shape index (κ2) is 4.55. The van der Waals surface area contributed by atoms with Crippen molar-refractivity contribution in [1.82, 2.24) is 0 Å². The summed E-state index contributed by atoms with van der Waals surface area (Å²) in [6, 6.07) is 5.01. The van der Waals surface area contributed by atoms with Gasteiger partial charge in [-0.3, -0.25) is 4.79 Å². The fourth-order valence-corrected chi connectivity index (χ4v) is 2.40. The van der Waals surface area contributed by atoms with Crippen LogP contribution in [0.15, 0.2) is 24.3 Å². The van der Waals surface area contributed by atoms with Crippen LogP contribution in [0.5, 0.6) is 0 Å². The number of thiophene rings is 1. The smallest absolute Gasteiger partial charge is 0.205 e. The lowest BCUT2D eigenvalue weighted by Crippen LogP contribution is -2.04. The van der Waals surface area contributed by atoms with Crippen molar-refractivity contribution in [3.05, 3.63) is 56.2 Å². The van der Waals surface area contributed by atoms with Gasteiger partial charge < -0.3 is 0 Å². The molecule has 17 heavy (non-hydrogen) atoms. The van der Waals surface area contributed by atoms with Crippen LogP contribution in [-0.4, -0.2) is 5.78 Å². The van der Waals surface area contributed by atoms with Gasteiger partial charge in [0.2, 0.25) is 5.78 Å². The van der Waals surface area contributed by atoms with Gasteiger partial charge in [0.15, 0.2) is 0 Å². The van der Waals surface area contributed by atoms with Crippen molar-refractivity contribution in [2.24, 2.45) is 0 Å². The highest BCUT2D eigenvalue weighted by Crippen LogP contribution is 2.25. The molecule has 0 radical (unpaired) electrons. The molecule has 0 N–H and O–H groups in total. The average molecular weight is 273 g/mol. The van der Waals surface area contributed by atoms with E-state index in [4.69, 9.17) is 11.6 Å². The van der Waals surface area contributed by atoms with Gasteiger partial charge in [-0.1, -0.05) is 11.6 Å². The topological polar surface area (TPSA) is 17.1 Å². The zero-order valence-electron chi connectivity index (χ0n) is 8.76. The highest BCUT2D eigenvalue weighted by Gasteiger charge is 2.17. The molecule has 2 rings (SSSR count). The largest absolute Gasteiger partial charge is 0.288 e. The van der Waals surface area contributed by atoms with Crippen LogP contribution in [0.1, 0.15) is 20.8 Å². The zero-order chi connectivity index (χ0) is 12.6. The van der Waals surface area contributed by atoms with Crippen molar-refractivity contribution in [3.8, 4) is 0 Å². The molecular formula is C12H7ClF2OS. The maximum absolute atomic E-state index is 13.5. The molecule has 0 saturated heterocycles. The van der Waals surface area contributed by atoms with E-state index in [1.54, 1.807) is 6.07 Å². The van der Waals surface area contributed by atoms with Gasteiger partial charge in [0.05, 0.1) is 14.8 Å². The first-order chi connectivity index (χ1) is 7.99. The second-order valence-electron chi connectivity index (χ2n) is 3.51. The van der Waals surface area contributed by atoms with Crippen molar-refractivity contribution in [2.75, 3.05) is 0 Å². The molecule has 88 valence electrons. The lowest BCUT2D eigenvalue weighted by atomic mass is 10.1. The summed E-state index contributed by atoms with van der Waals surface area (Å²) in [6.07, 6.45) is 0. The third kappa shape index (κ3) is 2.37. The Morgan fingerprint density at radius 2 is 1.94 bits per heavy atom. The molecule has 1 heterocycles. The fourth-order valence-electron chi connectivity index (χ4n) is 1.40. The van der Waals surface area contributed by atoms with Crippen LogP contribution >= 0.6 is 22.9 Å². The minimum atomic E-state index is -0.859. The fraction of sp³-hybridized carbons (Fsp3) is 0.0833. The Labute approximate surface area is 106 Å². The summed E-state index contributed by atoms with van der Waals surface area (Å²) in [5.41, 5.74) is 0.0971. The second-order valence-corrected chi connectivity index (χ2v) is 5.23. The first-order valence-electron chi connectivity index (χ1n) is 4.74. The molecule has 0 spiro atoms. The van der Waals surface area contributed by atoms with Crippen LogP contribution in [-0.2, 0) is 0 Å². The summed E-state index contributed by atoms with van der Waals surface area (Å²) in [5.74, 6) is -2.01. The van der Waals surface area contributed by atoms with Gasteiger partial charge in [-0.15, -0.1) is 11.3 Å². The highest BCUT2D eigenvalue weighted by atomic mass is 35.5. The number of aryl methyl sites for hydroxylation is 1. The Morgan fingerprint density at radius 3 is 2.53 bits per heavy atom. The number of carbonyl (C=O) groups is 1. The normalized spacial score (nSPS) is 10.6. The Hall–Kier alpha value is -1.26. The van der Waals surface area contributed by atoms with E-state index in [1.165, 1.54) is 19.1 Å². The number of carbonyl (C=O) groups excluding carboxylic acids is 1. The summed E-state index contributed by atoms with van der Waals surface area (Å²) in [5, 5.41) is 0. The molecule has 0 fully saturated rings. The monoisotopic (exact) mass is 272 g/mol. The number of halogens is 3. The Bertz CT molecular complexity index is 592. The predicted octanol–water partition coefficient (Wildman–Crippen LogP) is 4.22. The van der Waals surface area contributed by atoms with Crippen LogP contribution < -0.4 is 0 Å². The molecule has 0 saturated carbocycles. The van der Waals surface area contributed by atoms with E-state index < -0.39 is 17.4 Å². The summed E-state index contributed by atoms with van der Waals surface area (Å²) < 4.78 is 27.0. The summed E-state index contributed by atoms with van der Waals surface area (Å²) >= 11 is 6.77. The Kier molecular flexibility index (Phi) is 3.26. The maximum atomic E-state index is 13.5. The van der Waals surface area contributed by atoms with Crippen molar-refractivity contribution in [3.63, 3.8) is 0 Å². The van der Waals surface area contributed by atoms with E-state index in [1.807, 2.05) is 0 Å².